The highest BCUT2D eigenvalue weighted by molar-refractivity contribution is 5.82. The number of rotatable bonds is 16. The van der Waals surface area contributed by atoms with E-state index in [4.69, 9.17) is 5.73 Å². The molecule has 0 radical (unpaired) electrons. The van der Waals surface area contributed by atoms with Crippen molar-refractivity contribution in [3.05, 3.63) is 34.9 Å². The summed E-state index contributed by atoms with van der Waals surface area (Å²) in [7, 11) is 0. The van der Waals surface area contributed by atoms with E-state index in [1.165, 1.54) is 81.8 Å². The summed E-state index contributed by atoms with van der Waals surface area (Å²) in [5.41, 5.74) is 9.43. The highest BCUT2D eigenvalue weighted by Gasteiger charge is 2.21. The normalized spacial score (nSPS) is 12.5. The van der Waals surface area contributed by atoms with E-state index in [9.17, 15) is 4.79 Å². The topological polar surface area (TPSA) is 43.1 Å². The Hall–Kier alpha value is -1.31. The Morgan fingerprint density at radius 3 is 1.79 bits per heavy atom. The van der Waals surface area contributed by atoms with Gasteiger partial charge in [0.25, 0.3) is 0 Å². The van der Waals surface area contributed by atoms with Crippen LogP contribution in [-0.2, 0) is 4.79 Å². The average molecular weight is 388 g/mol. The van der Waals surface area contributed by atoms with Crippen molar-refractivity contribution in [3.63, 3.8) is 0 Å². The number of carbonyl (C=O) groups excluding carboxylic acids is 1. The van der Waals surface area contributed by atoms with Gasteiger partial charge in [0.15, 0.2) is 0 Å². The second kappa shape index (κ2) is 14.7. The van der Waals surface area contributed by atoms with Crippen LogP contribution in [0.25, 0.3) is 0 Å². The molecule has 0 spiro atoms. The maximum absolute atomic E-state index is 12.1. The number of nitrogens with two attached hydrogens (primary N) is 1. The van der Waals surface area contributed by atoms with Crippen LogP contribution in [0.3, 0.4) is 0 Å². The minimum atomic E-state index is -0.171. The molecule has 0 aliphatic carbocycles. The summed E-state index contributed by atoms with van der Waals surface area (Å²) in [6.07, 6.45) is 16.9. The van der Waals surface area contributed by atoms with Crippen molar-refractivity contribution >= 4 is 5.91 Å². The molecule has 1 aromatic carbocycles. The van der Waals surface area contributed by atoms with Crippen LogP contribution in [0.1, 0.15) is 133 Å². The Labute approximate surface area is 174 Å². The molecule has 1 atom stereocenters. The average Bonchev–Trinajstić information content (AvgIpc) is 2.65. The molecule has 1 unspecified atom stereocenters. The van der Waals surface area contributed by atoms with E-state index in [0.717, 1.165) is 18.4 Å². The number of hydrogen-bond donors (Lipinski definition) is 1. The molecular weight excluding hydrogens is 342 g/mol. The molecule has 0 bridgehead atoms. The minimum Gasteiger partial charge on any atom is -0.369 e. The quantitative estimate of drug-likeness (QED) is 0.289. The van der Waals surface area contributed by atoms with Gasteiger partial charge in [0.05, 0.1) is 5.92 Å². The Balaban J connectivity index is 2.29. The molecule has 2 nitrogen and oxygen atoms in total. The van der Waals surface area contributed by atoms with E-state index < -0.39 is 0 Å². The molecule has 160 valence electrons. The van der Waals surface area contributed by atoms with E-state index in [-0.39, 0.29) is 11.8 Å². The van der Waals surface area contributed by atoms with Crippen molar-refractivity contribution in [1.82, 2.24) is 0 Å². The second-order valence-electron chi connectivity index (χ2n) is 8.92. The van der Waals surface area contributed by atoms with Gasteiger partial charge in [0, 0.05) is 0 Å². The van der Waals surface area contributed by atoms with E-state index in [2.05, 4.69) is 45.9 Å². The minimum absolute atomic E-state index is 0.138. The lowest BCUT2D eigenvalue weighted by Crippen LogP contribution is -2.23. The van der Waals surface area contributed by atoms with Gasteiger partial charge in [-0.3, -0.25) is 4.79 Å². The van der Waals surface area contributed by atoms with Crippen LogP contribution in [0.4, 0.5) is 0 Å². The van der Waals surface area contributed by atoms with E-state index in [1.54, 1.807) is 0 Å². The summed E-state index contributed by atoms with van der Waals surface area (Å²) >= 11 is 0. The zero-order chi connectivity index (χ0) is 20.8. The van der Waals surface area contributed by atoms with Crippen molar-refractivity contribution in [2.75, 3.05) is 0 Å². The Kier molecular flexibility index (Phi) is 12.9. The molecular formula is C26H45NO. The molecule has 0 fully saturated rings. The standard InChI is InChI=1S/C26H45NO/c1-5-6-7-8-9-10-11-12-13-14-15-16-17-24(26(27)28)25-20-22(4)18-19-23(25)21(2)3/h18-21,24H,5-17H2,1-4H3,(H2,27,28). The van der Waals surface area contributed by atoms with Crippen LogP contribution in [0.15, 0.2) is 18.2 Å². The van der Waals surface area contributed by atoms with Gasteiger partial charge in [-0.1, -0.05) is 122 Å². The molecule has 0 aliphatic rings. The number of unbranched alkanes of at least 4 members (excludes halogenated alkanes) is 11. The summed E-state index contributed by atoms with van der Waals surface area (Å²) in [6.45, 7) is 8.75. The van der Waals surface area contributed by atoms with Crippen LogP contribution < -0.4 is 5.73 Å². The zero-order valence-corrected chi connectivity index (χ0v) is 19.1. The van der Waals surface area contributed by atoms with Crippen molar-refractivity contribution in [2.45, 2.75) is 123 Å². The molecule has 28 heavy (non-hydrogen) atoms. The fourth-order valence-corrected chi connectivity index (χ4v) is 4.16. The number of amides is 1. The number of benzene rings is 1. The molecule has 2 N–H and O–H groups in total. The van der Waals surface area contributed by atoms with Crippen molar-refractivity contribution < 1.29 is 4.79 Å². The zero-order valence-electron chi connectivity index (χ0n) is 19.1. The largest absolute Gasteiger partial charge is 0.369 e. The first kappa shape index (κ1) is 24.7. The highest BCUT2D eigenvalue weighted by atomic mass is 16.1. The second-order valence-corrected chi connectivity index (χ2v) is 8.92. The lowest BCUT2D eigenvalue weighted by molar-refractivity contribution is -0.119. The summed E-state index contributed by atoms with van der Waals surface area (Å²) in [4.78, 5) is 12.1. The van der Waals surface area contributed by atoms with Gasteiger partial charge >= 0.3 is 0 Å². The molecule has 0 saturated heterocycles. The first-order chi connectivity index (χ1) is 13.5. The van der Waals surface area contributed by atoms with Gasteiger partial charge in [0.1, 0.15) is 0 Å². The fourth-order valence-electron chi connectivity index (χ4n) is 4.16. The molecule has 0 aromatic heterocycles. The van der Waals surface area contributed by atoms with Crippen molar-refractivity contribution in [2.24, 2.45) is 5.73 Å². The van der Waals surface area contributed by atoms with Gasteiger partial charge < -0.3 is 5.73 Å². The maximum Gasteiger partial charge on any atom is 0.224 e. The van der Waals surface area contributed by atoms with E-state index in [1.807, 2.05) is 0 Å². The predicted octanol–water partition coefficient (Wildman–Crippen LogP) is 7.78. The highest BCUT2D eigenvalue weighted by Crippen LogP contribution is 2.31. The molecule has 2 heteroatoms. The third-order valence-corrected chi connectivity index (χ3v) is 5.93. The Bertz CT molecular complexity index is 549. The third kappa shape index (κ3) is 9.75. The number of hydrogen-bond acceptors (Lipinski definition) is 1. The number of primary amides is 1. The smallest absolute Gasteiger partial charge is 0.224 e. The number of carbonyl (C=O) groups is 1. The van der Waals surface area contributed by atoms with Gasteiger partial charge in [-0.25, -0.2) is 0 Å². The molecule has 0 aliphatic heterocycles. The van der Waals surface area contributed by atoms with Crippen LogP contribution in [0.2, 0.25) is 0 Å². The van der Waals surface area contributed by atoms with E-state index in [0.29, 0.717) is 5.92 Å². The lowest BCUT2D eigenvalue weighted by Gasteiger charge is -2.20. The van der Waals surface area contributed by atoms with Crippen LogP contribution in [-0.4, -0.2) is 5.91 Å². The first-order valence-corrected chi connectivity index (χ1v) is 11.9. The van der Waals surface area contributed by atoms with Gasteiger partial charge in [0.2, 0.25) is 5.91 Å². The first-order valence-electron chi connectivity index (χ1n) is 11.9. The van der Waals surface area contributed by atoms with Gasteiger partial charge in [-0.15, -0.1) is 0 Å². The van der Waals surface area contributed by atoms with Crippen LogP contribution in [0.5, 0.6) is 0 Å². The SMILES string of the molecule is CCCCCCCCCCCCCCC(C(N)=O)c1cc(C)ccc1C(C)C. The van der Waals surface area contributed by atoms with Gasteiger partial charge in [-0.2, -0.15) is 0 Å². The molecule has 0 saturated carbocycles. The van der Waals surface area contributed by atoms with Crippen LogP contribution in [0, 0.1) is 6.92 Å². The number of aryl methyl sites for hydroxylation is 1. The summed E-state index contributed by atoms with van der Waals surface area (Å²) in [5, 5.41) is 0. The maximum atomic E-state index is 12.1. The Morgan fingerprint density at radius 1 is 0.821 bits per heavy atom. The molecule has 0 heterocycles. The molecule has 1 aromatic rings. The summed E-state index contributed by atoms with van der Waals surface area (Å²) in [5.74, 6) is 0.107. The Morgan fingerprint density at radius 2 is 1.32 bits per heavy atom. The third-order valence-electron chi connectivity index (χ3n) is 5.93. The van der Waals surface area contributed by atoms with Crippen LogP contribution >= 0.6 is 0 Å². The summed E-state index contributed by atoms with van der Waals surface area (Å²) in [6, 6.07) is 6.49. The summed E-state index contributed by atoms with van der Waals surface area (Å²) < 4.78 is 0. The van der Waals surface area contributed by atoms with E-state index >= 15 is 0 Å². The molecule has 1 rings (SSSR count). The van der Waals surface area contributed by atoms with Gasteiger partial charge in [-0.05, 0) is 30.4 Å². The molecule has 1 amide bonds. The monoisotopic (exact) mass is 387 g/mol. The van der Waals surface area contributed by atoms with Crippen molar-refractivity contribution in [3.8, 4) is 0 Å². The fraction of sp³-hybridized carbons (Fsp3) is 0.731. The van der Waals surface area contributed by atoms with Crippen molar-refractivity contribution in [1.29, 1.82) is 0 Å². The lowest BCUT2D eigenvalue weighted by atomic mass is 9.84. The predicted molar refractivity (Wildman–Crippen MR) is 123 cm³/mol.